The minimum Gasteiger partial charge on any atom is -0.393 e. The van der Waals surface area contributed by atoms with Crippen LogP contribution in [0.2, 0.25) is 0 Å². The van der Waals surface area contributed by atoms with E-state index in [0.29, 0.717) is 0 Å². The molecule has 4 nitrogen and oxygen atoms in total. The van der Waals surface area contributed by atoms with Gasteiger partial charge in [0.1, 0.15) is 0 Å². The zero-order valence-corrected chi connectivity index (χ0v) is 11.2. The van der Waals surface area contributed by atoms with E-state index in [-0.39, 0.29) is 18.1 Å². The van der Waals surface area contributed by atoms with Crippen LogP contribution in [0.15, 0.2) is 30.3 Å². The number of hydrogen-bond acceptors (Lipinski definition) is 3. The molecule has 0 saturated heterocycles. The molecule has 1 aliphatic rings. The van der Waals surface area contributed by atoms with Crippen LogP contribution in [0.3, 0.4) is 0 Å². The van der Waals surface area contributed by atoms with E-state index in [1.807, 2.05) is 30.3 Å². The first-order chi connectivity index (χ1) is 9.20. The molecule has 1 saturated carbocycles. The maximum Gasteiger partial charge on any atom is 0.253 e. The molecule has 0 radical (unpaired) electrons. The van der Waals surface area contributed by atoms with Crippen LogP contribution >= 0.6 is 0 Å². The number of rotatable bonds is 4. The zero-order chi connectivity index (χ0) is 13.7. The number of aliphatic hydroxyl groups is 1. The third-order valence-electron chi connectivity index (χ3n) is 3.62. The molecule has 4 heteroatoms. The Morgan fingerprint density at radius 3 is 2.47 bits per heavy atom. The van der Waals surface area contributed by atoms with Crippen molar-refractivity contribution in [1.82, 2.24) is 5.32 Å². The average Bonchev–Trinajstić information content (AvgIpc) is 2.43. The minimum atomic E-state index is -0.562. The molecule has 2 N–H and O–H groups in total. The third-order valence-corrected chi connectivity index (χ3v) is 3.62. The fraction of sp³-hybridized carbons (Fsp3) is 0.533. The van der Waals surface area contributed by atoms with Gasteiger partial charge in [0.2, 0.25) is 0 Å². The van der Waals surface area contributed by atoms with Gasteiger partial charge in [-0.25, -0.2) is 0 Å². The lowest BCUT2D eigenvalue weighted by atomic mass is 9.93. The number of carbonyl (C=O) groups excluding carboxylic acids is 1. The molecule has 0 aromatic heterocycles. The molecule has 1 atom stereocenters. The Morgan fingerprint density at radius 1 is 1.26 bits per heavy atom. The van der Waals surface area contributed by atoms with E-state index in [1.54, 1.807) is 7.11 Å². The summed E-state index contributed by atoms with van der Waals surface area (Å²) in [7, 11) is 1.54. The van der Waals surface area contributed by atoms with Crippen LogP contribution in [0.5, 0.6) is 0 Å². The second-order valence-corrected chi connectivity index (χ2v) is 5.04. The van der Waals surface area contributed by atoms with Crippen molar-refractivity contribution in [2.75, 3.05) is 7.11 Å². The van der Waals surface area contributed by atoms with Gasteiger partial charge in [0.05, 0.1) is 6.10 Å². The van der Waals surface area contributed by atoms with Gasteiger partial charge in [0, 0.05) is 13.2 Å². The van der Waals surface area contributed by atoms with Gasteiger partial charge in [-0.3, -0.25) is 4.79 Å². The summed E-state index contributed by atoms with van der Waals surface area (Å²) in [6.45, 7) is 0. The monoisotopic (exact) mass is 263 g/mol. The molecular weight excluding hydrogens is 242 g/mol. The fourth-order valence-corrected chi connectivity index (χ4v) is 2.52. The Morgan fingerprint density at radius 2 is 1.89 bits per heavy atom. The zero-order valence-electron chi connectivity index (χ0n) is 11.2. The topological polar surface area (TPSA) is 58.6 Å². The predicted octanol–water partition coefficient (Wildman–Crippen LogP) is 1.79. The Labute approximate surface area is 113 Å². The van der Waals surface area contributed by atoms with Crippen LogP contribution in [-0.2, 0) is 9.53 Å². The number of methoxy groups -OCH3 is 1. The molecule has 1 aromatic rings. The third kappa shape index (κ3) is 3.78. The van der Waals surface area contributed by atoms with E-state index < -0.39 is 6.10 Å². The van der Waals surface area contributed by atoms with Crippen molar-refractivity contribution < 1.29 is 14.6 Å². The Bertz CT molecular complexity index is 399. The maximum absolute atomic E-state index is 12.2. The highest BCUT2D eigenvalue weighted by Gasteiger charge is 2.25. The van der Waals surface area contributed by atoms with Crippen molar-refractivity contribution in [3.05, 3.63) is 35.9 Å². The quantitative estimate of drug-likeness (QED) is 0.870. The summed E-state index contributed by atoms with van der Waals surface area (Å²) in [6, 6.07) is 9.63. The number of benzene rings is 1. The molecule has 104 valence electrons. The molecule has 19 heavy (non-hydrogen) atoms. The first-order valence-corrected chi connectivity index (χ1v) is 6.77. The first-order valence-electron chi connectivity index (χ1n) is 6.77. The smallest absolute Gasteiger partial charge is 0.253 e. The van der Waals surface area contributed by atoms with Crippen molar-refractivity contribution >= 4 is 5.91 Å². The van der Waals surface area contributed by atoms with Crippen LogP contribution in [0.1, 0.15) is 37.4 Å². The average molecular weight is 263 g/mol. The molecule has 0 spiro atoms. The predicted molar refractivity (Wildman–Crippen MR) is 72.6 cm³/mol. The maximum atomic E-state index is 12.2. The van der Waals surface area contributed by atoms with E-state index >= 15 is 0 Å². The summed E-state index contributed by atoms with van der Waals surface area (Å²) in [5.74, 6) is -0.102. The second kappa shape index (κ2) is 6.68. The van der Waals surface area contributed by atoms with E-state index in [2.05, 4.69) is 5.32 Å². The standard InChI is InChI=1S/C15H21NO3/c1-19-14(11-5-3-2-4-6-11)15(18)16-12-7-9-13(17)10-8-12/h2-6,12-14,17H,7-10H2,1H3,(H,16,18). The van der Waals surface area contributed by atoms with Crippen molar-refractivity contribution in [1.29, 1.82) is 0 Å². The van der Waals surface area contributed by atoms with Crippen molar-refractivity contribution in [3.63, 3.8) is 0 Å². The Hall–Kier alpha value is -1.39. The van der Waals surface area contributed by atoms with E-state index in [9.17, 15) is 9.90 Å². The molecule has 1 aliphatic carbocycles. The van der Waals surface area contributed by atoms with Crippen LogP contribution in [-0.4, -0.2) is 30.3 Å². The SMILES string of the molecule is COC(C(=O)NC1CCC(O)CC1)c1ccccc1. The normalized spacial score (nSPS) is 24.7. The second-order valence-electron chi connectivity index (χ2n) is 5.04. The highest BCUT2D eigenvalue weighted by molar-refractivity contribution is 5.82. The lowest BCUT2D eigenvalue weighted by Gasteiger charge is -2.27. The molecular formula is C15H21NO3. The highest BCUT2D eigenvalue weighted by Crippen LogP contribution is 2.21. The van der Waals surface area contributed by atoms with E-state index in [0.717, 1.165) is 31.2 Å². The van der Waals surface area contributed by atoms with E-state index in [1.165, 1.54) is 0 Å². The van der Waals surface area contributed by atoms with Crippen molar-refractivity contribution in [2.45, 2.75) is 43.9 Å². The summed E-state index contributed by atoms with van der Waals surface area (Å²) >= 11 is 0. The summed E-state index contributed by atoms with van der Waals surface area (Å²) in [5, 5.41) is 12.5. The molecule has 1 fully saturated rings. The lowest BCUT2D eigenvalue weighted by molar-refractivity contribution is -0.132. The van der Waals surface area contributed by atoms with E-state index in [4.69, 9.17) is 4.74 Å². The molecule has 0 heterocycles. The summed E-state index contributed by atoms with van der Waals surface area (Å²) in [4.78, 5) is 12.2. The summed E-state index contributed by atoms with van der Waals surface area (Å²) in [5.41, 5.74) is 0.860. The molecule has 0 bridgehead atoms. The largest absolute Gasteiger partial charge is 0.393 e. The van der Waals surface area contributed by atoms with Gasteiger partial charge >= 0.3 is 0 Å². The van der Waals surface area contributed by atoms with Gasteiger partial charge in [-0.2, -0.15) is 0 Å². The number of aliphatic hydroxyl groups excluding tert-OH is 1. The number of amides is 1. The van der Waals surface area contributed by atoms with Gasteiger partial charge in [0.25, 0.3) is 5.91 Å². The molecule has 1 amide bonds. The highest BCUT2D eigenvalue weighted by atomic mass is 16.5. The Balaban J connectivity index is 1.94. The number of carbonyl (C=O) groups is 1. The van der Waals surface area contributed by atoms with Crippen LogP contribution in [0.4, 0.5) is 0 Å². The first kappa shape index (κ1) is 14.0. The van der Waals surface area contributed by atoms with Crippen molar-refractivity contribution in [2.24, 2.45) is 0 Å². The van der Waals surface area contributed by atoms with Crippen LogP contribution in [0, 0.1) is 0 Å². The van der Waals surface area contributed by atoms with Gasteiger partial charge in [-0.15, -0.1) is 0 Å². The molecule has 1 aromatic carbocycles. The van der Waals surface area contributed by atoms with Crippen molar-refractivity contribution in [3.8, 4) is 0 Å². The fourth-order valence-electron chi connectivity index (χ4n) is 2.52. The number of ether oxygens (including phenoxy) is 1. The number of nitrogens with one attached hydrogen (secondary N) is 1. The summed E-state index contributed by atoms with van der Waals surface area (Å²) < 4.78 is 5.30. The van der Waals surface area contributed by atoms with Gasteiger partial charge in [-0.1, -0.05) is 30.3 Å². The van der Waals surface area contributed by atoms with Crippen LogP contribution in [0.25, 0.3) is 0 Å². The van der Waals surface area contributed by atoms with Gasteiger partial charge in [-0.05, 0) is 31.2 Å². The number of hydrogen-bond donors (Lipinski definition) is 2. The van der Waals surface area contributed by atoms with Gasteiger partial charge < -0.3 is 15.2 Å². The van der Waals surface area contributed by atoms with Gasteiger partial charge in [0.15, 0.2) is 6.10 Å². The minimum absolute atomic E-state index is 0.102. The Kier molecular flexibility index (Phi) is 4.93. The van der Waals surface area contributed by atoms with Crippen LogP contribution < -0.4 is 5.32 Å². The lowest BCUT2D eigenvalue weighted by Crippen LogP contribution is -2.41. The molecule has 2 rings (SSSR count). The molecule has 1 unspecified atom stereocenters. The summed E-state index contributed by atoms with van der Waals surface area (Å²) in [6.07, 6.45) is 2.41. The molecule has 0 aliphatic heterocycles.